The van der Waals surface area contributed by atoms with Crippen LogP contribution in [0, 0.1) is 6.92 Å². The molecule has 6 nitrogen and oxygen atoms in total. The van der Waals surface area contributed by atoms with E-state index in [1.807, 2.05) is 68.4 Å². The molecule has 0 bridgehead atoms. The molecule has 0 saturated carbocycles. The summed E-state index contributed by atoms with van der Waals surface area (Å²) in [6.45, 7) is 3.99. The highest BCUT2D eigenvalue weighted by Gasteiger charge is 2.38. The van der Waals surface area contributed by atoms with Gasteiger partial charge in [0.1, 0.15) is 11.6 Å². The molecular weight excluding hydrogens is 366 g/mol. The molecule has 0 amide bonds. The molecule has 0 fully saturated rings. The topological polar surface area (TPSA) is 75.6 Å². The summed E-state index contributed by atoms with van der Waals surface area (Å²) in [6, 6.07) is 17.5. The standard InChI is InChI=1S/C23H23N3O3/c1-14-11-21(25-23(24-14)16-7-5-4-6-8-16)26-15(2)18(13-22(27)28)19-12-17(29-3)9-10-20(19)26/h4-12,15,18H,13H2,1-3H3,(H,27,28). The van der Waals surface area contributed by atoms with Crippen LogP contribution in [0.4, 0.5) is 11.5 Å². The van der Waals surface area contributed by atoms with Crippen molar-refractivity contribution in [2.75, 3.05) is 12.0 Å². The van der Waals surface area contributed by atoms with Gasteiger partial charge >= 0.3 is 5.97 Å². The second-order valence-electron chi connectivity index (χ2n) is 7.30. The number of benzene rings is 2. The van der Waals surface area contributed by atoms with E-state index in [1.54, 1.807) is 7.11 Å². The molecule has 4 rings (SSSR count). The van der Waals surface area contributed by atoms with Crippen LogP contribution in [-0.4, -0.2) is 34.2 Å². The van der Waals surface area contributed by atoms with E-state index in [9.17, 15) is 9.90 Å². The van der Waals surface area contributed by atoms with Crippen LogP contribution in [0.1, 0.15) is 30.5 Å². The number of carboxylic acid groups (broad SMARTS) is 1. The minimum absolute atomic E-state index is 0.0491. The lowest BCUT2D eigenvalue weighted by Gasteiger charge is -2.26. The summed E-state index contributed by atoms with van der Waals surface area (Å²) >= 11 is 0. The van der Waals surface area contributed by atoms with E-state index in [0.29, 0.717) is 5.82 Å². The van der Waals surface area contributed by atoms with Crippen LogP contribution < -0.4 is 9.64 Å². The van der Waals surface area contributed by atoms with Gasteiger partial charge in [-0.1, -0.05) is 30.3 Å². The summed E-state index contributed by atoms with van der Waals surface area (Å²) in [4.78, 5) is 23.1. The normalized spacial score (nSPS) is 17.8. The maximum absolute atomic E-state index is 11.5. The van der Waals surface area contributed by atoms with Gasteiger partial charge in [-0.05, 0) is 37.6 Å². The van der Waals surface area contributed by atoms with E-state index in [0.717, 1.165) is 34.1 Å². The SMILES string of the molecule is COc1ccc2c(c1)C(CC(=O)O)C(C)N2c1cc(C)nc(-c2ccccc2)n1. The number of aromatic nitrogens is 2. The van der Waals surface area contributed by atoms with Crippen LogP contribution >= 0.6 is 0 Å². The van der Waals surface area contributed by atoms with Gasteiger partial charge < -0.3 is 14.7 Å². The zero-order valence-electron chi connectivity index (χ0n) is 16.7. The molecule has 0 radical (unpaired) electrons. The molecule has 3 aromatic rings. The number of fused-ring (bicyclic) bond motifs is 1. The third-order valence-electron chi connectivity index (χ3n) is 5.40. The number of aliphatic carboxylic acids is 1. The van der Waals surface area contributed by atoms with Gasteiger partial charge in [-0.15, -0.1) is 0 Å². The minimum Gasteiger partial charge on any atom is -0.497 e. The number of hydrogen-bond acceptors (Lipinski definition) is 5. The van der Waals surface area contributed by atoms with Gasteiger partial charge in [-0.3, -0.25) is 4.79 Å². The number of carbonyl (C=O) groups is 1. The zero-order chi connectivity index (χ0) is 20.5. The van der Waals surface area contributed by atoms with Gasteiger partial charge in [-0.25, -0.2) is 9.97 Å². The second-order valence-corrected chi connectivity index (χ2v) is 7.30. The lowest BCUT2D eigenvalue weighted by molar-refractivity contribution is -0.137. The summed E-state index contributed by atoms with van der Waals surface area (Å²) < 4.78 is 5.37. The molecule has 1 N–H and O–H groups in total. The van der Waals surface area contributed by atoms with Crippen molar-refractivity contribution in [3.8, 4) is 17.1 Å². The maximum atomic E-state index is 11.5. The highest BCUT2D eigenvalue weighted by Crippen LogP contribution is 2.47. The van der Waals surface area contributed by atoms with Crippen LogP contribution in [0.5, 0.6) is 5.75 Å². The third-order valence-corrected chi connectivity index (χ3v) is 5.40. The zero-order valence-corrected chi connectivity index (χ0v) is 16.7. The van der Waals surface area contributed by atoms with Crippen molar-refractivity contribution in [1.29, 1.82) is 0 Å². The summed E-state index contributed by atoms with van der Waals surface area (Å²) in [5, 5.41) is 9.46. The first-order valence-electron chi connectivity index (χ1n) is 9.58. The van der Waals surface area contributed by atoms with E-state index in [2.05, 4.69) is 9.88 Å². The highest BCUT2D eigenvalue weighted by atomic mass is 16.5. The first kappa shape index (κ1) is 18.9. The van der Waals surface area contributed by atoms with Crippen LogP contribution in [0.25, 0.3) is 11.4 Å². The fourth-order valence-electron chi connectivity index (χ4n) is 4.03. The molecule has 6 heteroatoms. The number of carboxylic acids is 1. The molecule has 2 heterocycles. The van der Waals surface area contributed by atoms with Gasteiger partial charge in [0, 0.05) is 35.0 Å². The molecule has 1 aromatic heterocycles. The molecule has 2 aromatic carbocycles. The first-order chi connectivity index (χ1) is 14.0. The lowest BCUT2D eigenvalue weighted by Crippen LogP contribution is -2.29. The molecule has 29 heavy (non-hydrogen) atoms. The Kier molecular flexibility index (Phi) is 4.92. The summed E-state index contributed by atoms with van der Waals surface area (Å²) in [5.74, 6) is 1.17. The van der Waals surface area contributed by atoms with Crippen LogP contribution in [0.15, 0.2) is 54.6 Å². The number of aryl methyl sites for hydroxylation is 1. The Labute approximate surface area is 169 Å². The monoisotopic (exact) mass is 389 g/mol. The fraction of sp³-hybridized carbons (Fsp3) is 0.261. The Morgan fingerprint density at radius 3 is 2.59 bits per heavy atom. The van der Waals surface area contributed by atoms with Crippen molar-refractivity contribution >= 4 is 17.5 Å². The van der Waals surface area contributed by atoms with Crippen LogP contribution in [0.3, 0.4) is 0 Å². The summed E-state index contributed by atoms with van der Waals surface area (Å²) in [6.07, 6.45) is 0.0491. The predicted molar refractivity (Wildman–Crippen MR) is 112 cm³/mol. The van der Waals surface area contributed by atoms with E-state index in [-0.39, 0.29) is 18.4 Å². The molecule has 1 aliphatic rings. The number of methoxy groups -OCH3 is 1. The molecule has 2 atom stereocenters. The van der Waals surface area contributed by atoms with E-state index in [1.165, 1.54) is 0 Å². The molecule has 1 aliphatic heterocycles. The summed E-state index contributed by atoms with van der Waals surface area (Å²) in [7, 11) is 1.62. The fourth-order valence-corrected chi connectivity index (χ4v) is 4.03. The van der Waals surface area contributed by atoms with Gasteiger partial charge in [0.05, 0.1) is 13.5 Å². The molecule has 0 spiro atoms. The quantitative estimate of drug-likeness (QED) is 0.689. The van der Waals surface area contributed by atoms with Crippen molar-refractivity contribution in [3.05, 3.63) is 65.9 Å². The van der Waals surface area contributed by atoms with E-state index >= 15 is 0 Å². The molecule has 2 unspecified atom stereocenters. The first-order valence-corrected chi connectivity index (χ1v) is 9.58. The van der Waals surface area contributed by atoms with Crippen molar-refractivity contribution in [2.45, 2.75) is 32.2 Å². The number of nitrogens with zero attached hydrogens (tertiary/aromatic N) is 3. The van der Waals surface area contributed by atoms with Gasteiger partial charge in [-0.2, -0.15) is 0 Å². The van der Waals surface area contributed by atoms with E-state index < -0.39 is 5.97 Å². The van der Waals surface area contributed by atoms with Crippen molar-refractivity contribution in [2.24, 2.45) is 0 Å². The lowest BCUT2D eigenvalue weighted by atomic mass is 9.92. The highest BCUT2D eigenvalue weighted by molar-refractivity contribution is 5.76. The molecular formula is C23H23N3O3. The van der Waals surface area contributed by atoms with Crippen molar-refractivity contribution in [1.82, 2.24) is 9.97 Å². The Morgan fingerprint density at radius 2 is 1.90 bits per heavy atom. The smallest absolute Gasteiger partial charge is 0.304 e. The van der Waals surface area contributed by atoms with Gasteiger partial charge in [0.2, 0.25) is 0 Å². The summed E-state index contributed by atoms with van der Waals surface area (Å²) in [5.41, 5.74) is 3.73. The number of hydrogen-bond donors (Lipinski definition) is 1. The number of anilines is 2. The second kappa shape index (κ2) is 7.54. The average molecular weight is 389 g/mol. The average Bonchev–Trinajstić information content (AvgIpc) is 2.98. The van der Waals surface area contributed by atoms with Gasteiger partial charge in [0.25, 0.3) is 0 Å². The predicted octanol–water partition coefficient (Wildman–Crippen LogP) is 4.56. The minimum atomic E-state index is -0.818. The van der Waals surface area contributed by atoms with Crippen LogP contribution in [0.2, 0.25) is 0 Å². The van der Waals surface area contributed by atoms with Crippen molar-refractivity contribution < 1.29 is 14.6 Å². The molecule has 0 aliphatic carbocycles. The van der Waals surface area contributed by atoms with E-state index in [4.69, 9.17) is 9.72 Å². The largest absolute Gasteiger partial charge is 0.497 e. The Morgan fingerprint density at radius 1 is 1.14 bits per heavy atom. The Bertz CT molecular complexity index is 1050. The maximum Gasteiger partial charge on any atom is 0.304 e. The molecule has 148 valence electrons. The number of ether oxygens (including phenoxy) is 1. The Hall–Kier alpha value is -3.41. The Balaban J connectivity index is 1.83. The van der Waals surface area contributed by atoms with Crippen molar-refractivity contribution in [3.63, 3.8) is 0 Å². The molecule has 0 saturated heterocycles. The third kappa shape index (κ3) is 3.53. The van der Waals surface area contributed by atoms with Crippen LogP contribution in [-0.2, 0) is 4.79 Å². The van der Waals surface area contributed by atoms with Gasteiger partial charge in [0.15, 0.2) is 5.82 Å². The number of rotatable bonds is 5.